The normalized spacial score (nSPS) is 10.2. The van der Waals surface area contributed by atoms with Crippen molar-refractivity contribution in [2.75, 3.05) is 10.6 Å². The van der Waals surface area contributed by atoms with Crippen LogP contribution in [-0.4, -0.2) is 11.0 Å². The molecule has 6 heteroatoms. The number of benzene rings is 2. The van der Waals surface area contributed by atoms with Gasteiger partial charge in [-0.05, 0) is 23.8 Å². The van der Waals surface area contributed by atoms with Crippen LogP contribution in [0.5, 0.6) is 5.75 Å². The Kier molecular flexibility index (Phi) is 4.94. The Morgan fingerprint density at radius 1 is 1.19 bits per heavy atom. The van der Waals surface area contributed by atoms with Gasteiger partial charge >= 0.3 is 0 Å². The molecule has 0 saturated carbocycles. The molecule has 110 valence electrons. The first-order valence-corrected chi connectivity index (χ1v) is 7.00. The second-order valence-corrected chi connectivity index (χ2v) is 5.29. The molecule has 0 aliphatic heterocycles. The van der Waals surface area contributed by atoms with Crippen molar-refractivity contribution in [3.8, 4) is 5.75 Å². The fourth-order valence-corrected chi connectivity index (χ4v) is 2.34. The van der Waals surface area contributed by atoms with Crippen molar-refractivity contribution in [1.29, 1.82) is 0 Å². The summed E-state index contributed by atoms with van der Waals surface area (Å²) in [6.45, 7) is 1.94. The van der Waals surface area contributed by atoms with Crippen molar-refractivity contribution in [3.05, 3.63) is 52.0 Å². The maximum atomic E-state index is 11.2. The molecule has 21 heavy (non-hydrogen) atoms. The zero-order chi connectivity index (χ0) is 15.4. The lowest BCUT2D eigenvalue weighted by atomic mass is 10.1. The Hall–Kier alpha value is -1.91. The lowest BCUT2D eigenvalue weighted by molar-refractivity contribution is -0.114. The number of anilines is 2. The van der Waals surface area contributed by atoms with Gasteiger partial charge in [0.15, 0.2) is 5.75 Å². The van der Waals surface area contributed by atoms with Gasteiger partial charge in [0.25, 0.3) is 0 Å². The molecule has 0 unspecified atom stereocenters. The van der Waals surface area contributed by atoms with Crippen LogP contribution in [0.4, 0.5) is 11.4 Å². The second kappa shape index (κ2) is 6.70. The molecule has 4 nitrogen and oxygen atoms in total. The Morgan fingerprint density at radius 2 is 1.81 bits per heavy atom. The van der Waals surface area contributed by atoms with E-state index >= 15 is 0 Å². The number of amides is 1. The summed E-state index contributed by atoms with van der Waals surface area (Å²) in [5.74, 6) is -0.263. The number of nitrogens with one attached hydrogen (secondary N) is 2. The van der Waals surface area contributed by atoms with Crippen molar-refractivity contribution in [2.45, 2.75) is 13.5 Å². The van der Waals surface area contributed by atoms with E-state index in [1.165, 1.54) is 6.92 Å². The minimum Gasteiger partial charge on any atom is -0.505 e. The molecule has 0 heterocycles. The maximum absolute atomic E-state index is 11.2. The topological polar surface area (TPSA) is 61.4 Å². The van der Waals surface area contributed by atoms with Crippen molar-refractivity contribution in [1.82, 2.24) is 0 Å². The Balaban J connectivity index is 2.15. The number of carbonyl (C=O) groups is 1. The van der Waals surface area contributed by atoms with Crippen LogP contribution >= 0.6 is 23.2 Å². The van der Waals surface area contributed by atoms with Gasteiger partial charge in [-0.1, -0.05) is 41.4 Å². The van der Waals surface area contributed by atoms with Gasteiger partial charge in [0.05, 0.1) is 10.0 Å². The van der Waals surface area contributed by atoms with E-state index in [2.05, 4.69) is 10.6 Å². The molecule has 0 aliphatic rings. The summed E-state index contributed by atoms with van der Waals surface area (Å²) >= 11 is 11.7. The predicted octanol–water partition coefficient (Wildman–Crippen LogP) is 4.27. The van der Waals surface area contributed by atoms with Crippen molar-refractivity contribution < 1.29 is 9.90 Å². The van der Waals surface area contributed by atoms with Gasteiger partial charge < -0.3 is 15.7 Å². The van der Waals surface area contributed by atoms with Gasteiger partial charge in [-0.15, -0.1) is 0 Å². The van der Waals surface area contributed by atoms with Gasteiger partial charge in [-0.25, -0.2) is 0 Å². The molecule has 0 atom stereocenters. The van der Waals surface area contributed by atoms with E-state index in [0.717, 1.165) is 11.3 Å². The Bertz CT molecular complexity index is 651. The molecule has 2 rings (SSSR count). The van der Waals surface area contributed by atoms with Crippen molar-refractivity contribution in [3.63, 3.8) is 0 Å². The number of hydrogen-bond donors (Lipinski definition) is 3. The minimum atomic E-state index is -0.137. The second-order valence-electron chi connectivity index (χ2n) is 4.48. The highest BCUT2D eigenvalue weighted by molar-refractivity contribution is 6.37. The quantitative estimate of drug-likeness (QED) is 0.736. The molecule has 0 aliphatic carbocycles. The average molecular weight is 325 g/mol. The fourth-order valence-electron chi connectivity index (χ4n) is 1.85. The van der Waals surface area contributed by atoms with Crippen molar-refractivity contribution >= 4 is 40.5 Å². The van der Waals surface area contributed by atoms with E-state index in [-0.39, 0.29) is 21.7 Å². The van der Waals surface area contributed by atoms with E-state index in [4.69, 9.17) is 23.2 Å². The minimum absolute atomic E-state index is 0.127. The van der Waals surface area contributed by atoms with E-state index in [9.17, 15) is 9.90 Å². The molecule has 2 aromatic carbocycles. The van der Waals surface area contributed by atoms with Crippen LogP contribution in [-0.2, 0) is 11.3 Å². The molecule has 0 aromatic heterocycles. The monoisotopic (exact) mass is 324 g/mol. The molecule has 0 bridgehead atoms. The summed E-state index contributed by atoms with van der Waals surface area (Å²) in [7, 11) is 0. The molecule has 2 aromatic rings. The summed E-state index contributed by atoms with van der Waals surface area (Å²) in [4.78, 5) is 11.2. The molecule has 0 spiro atoms. The van der Waals surface area contributed by atoms with Gasteiger partial charge in [0.2, 0.25) is 5.91 Å². The third-order valence-corrected chi connectivity index (χ3v) is 3.40. The molecular formula is C15H14Cl2N2O2. The molecule has 0 fully saturated rings. The van der Waals surface area contributed by atoms with Gasteiger partial charge in [0.1, 0.15) is 0 Å². The highest BCUT2D eigenvalue weighted by Crippen LogP contribution is 2.34. The summed E-state index contributed by atoms with van der Waals surface area (Å²) in [5.41, 5.74) is 2.35. The van der Waals surface area contributed by atoms with Crippen LogP contribution in [0.15, 0.2) is 36.4 Å². The summed E-state index contributed by atoms with van der Waals surface area (Å²) < 4.78 is 0. The van der Waals surface area contributed by atoms with E-state index in [1.54, 1.807) is 12.1 Å². The van der Waals surface area contributed by atoms with Crippen LogP contribution in [0, 0.1) is 0 Å². The number of phenols is 1. The number of halogens is 2. The highest BCUT2D eigenvalue weighted by atomic mass is 35.5. The first-order chi connectivity index (χ1) is 9.97. The molecule has 1 amide bonds. The lowest BCUT2D eigenvalue weighted by Gasteiger charge is -2.12. The zero-order valence-corrected chi connectivity index (χ0v) is 12.8. The Labute approximate surface area is 132 Å². The lowest BCUT2D eigenvalue weighted by Crippen LogP contribution is -2.10. The number of rotatable bonds is 4. The standard InChI is InChI=1S/C15H14Cl2N2O2/c1-9(20)19-14-5-3-2-4-10(14)8-18-11-6-12(16)15(21)13(17)7-11/h2-7,18,21H,8H2,1H3,(H,19,20). The highest BCUT2D eigenvalue weighted by Gasteiger charge is 2.08. The predicted molar refractivity (Wildman–Crippen MR) is 86.2 cm³/mol. The molecular weight excluding hydrogens is 311 g/mol. The number of para-hydroxylation sites is 1. The number of hydrogen-bond acceptors (Lipinski definition) is 3. The van der Waals surface area contributed by atoms with Gasteiger partial charge in [0, 0.05) is 24.8 Å². The van der Waals surface area contributed by atoms with Gasteiger partial charge in [-0.3, -0.25) is 4.79 Å². The average Bonchev–Trinajstić information content (AvgIpc) is 2.43. The first-order valence-electron chi connectivity index (χ1n) is 6.24. The SMILES string of the molecule is CC(=O)Nc1ccccc1CNc1cc(Cl)c(O)c(Cl)c1. The van der Waals surface area contributed by atoms with Crippen LogP contribution in [0.1, 0.15) is 12.5 Å². The molecule has 3 N–H and O–H groups in total. The smallest absolute Gasteiger partial charge is 0.221 e. The number of aromatic hydroxyl groups is 1. The summed E-state index contributed by atoms with van der Waals surface area (Å²) in [5, 5.41) is 15.8. The summed E-state index contributed by atoms with van der Waals surface area (Å²) in [6.07, 6.45) is 0. The molecule has 0 saturated heterocycles. The van der Waals surface area contributed by atoms with Crippen LogP contribution in [0.2, 0.25) is 10.0 Å². The number of phenolic OH excluding ortho intramolecular Hbond substituents is 1. The Morgan fingerprint density at radius 3 is 2.43 bits per heavy atom. The summed E-state index contributed by atoms with van der Waals surface area (Å²) in [6, 6.07) is 10.6. The van der Waals surface area contributed by atoms with Crippen LogP contribution in [0.3, 0.4) is 0 Å². The zero-order valence-electron chi connectivity index (χ0n) is 11.3. The van der Waals surface area contributed by atoms with Crippen LogP contribution < -0.4 is 10.6 Å². The third kappa shape index (κ3) is 4.03. The van der Waals surface area contributed by atoms with Crippen molar-refractivity contribution in [2.24, 2.45) is 0 Å². The largest absolute Gasteiger partial charge is 0.505 e. The van der Waals surface area contributed by atoms with E-state index in [0.29, 0.717) is 12.2 Å². The maximum Gasteiger partial charge on any atom is 0.221 e. The van der Waals surface area contributed by atoms with E-state index in [1.807, 2.05) is 24.3 Å². The molecule has 0 radical (unpaired) electrons. The number of carbonyl (C=O) groups excluding carboxylic acids is 1. The first kappa shape index (κ1) is 15.5. The van der Waals surface area contributed by atoms with Crippen LogP contribution in [0.25, 0.3) is 0 Å². The van der Waals surface area contributed by atoms with E-state index < -0.39 is 0 Å². The fraction of sp³-hybridized carbons (Fsp3) is 0.133. The van der Waals surface area contributed by atoms with Gasteiger partial charge in [-0.2, -0.15) is 0 Å². The third-order valence-electron chi connectivity index (χ3n) is 2.83.